The van der Waals surface area contributed by atoms with Crippen molar-refractivity contribution in [1.29, 1.82) is 5.26 Å². The Kier molecular flexibility index (Phi) is 6.61. The van der Waals surface area contributed by atoms with Crippen LogP contribution in [0.1, 0.15) is 28.1 Å². The summed E-state index contributed by atoms with van der Waals surface area (Å²) in [6.07, 6.45) is 1.57. The molecule has 0 fully saturated rings. The van der Waals surface area contributed by atoms with Gasteiger partial charge in [-0.3, -0.25) is 9.48 Å². The number of hydrogen-bond acceptors (Lipinski definition) is 3. The van der Waals surface area contributed by atoms with E-state index >= 15 is 0 Å². The number of carbonyl (C=O) groups excluding carboxylic acids is 1. The third kappa shape index (κ3) is 4.56. The molecule has 2 aromatic carbocycles. The highest BCUT2D eigenvalue weighted by Crippen LogP contribution is 2.24. The number of carbonyl (C=O) groups is 1. The smallest absolute Gasteiger partial charge is 0.266 e. The minimum atomic E-state index is -0.500. The molecule has 0 bridgehead atoms. The van der Waals surface area contributed by atoms with Crippen molar-refractivity contribution in [3.8, 4) is 6.07 Å². The molecule has 0 saturated heterocycles. The molecule has 1 N–H and O–H groups in total. The van der Waals surface area contributed by atoms with Gasteiger partial charge in [0.15, 0.2) is 0 Å². The number of nitriles is 1. The van der Waals surface area contributed by atoms with E-state index in [0.29, 0.717) is 22.3 Å². The van der Waals surface area contributed by atoms with Crippen LogP contribution in [0.2, 0.25) is 10.0 Å². The van der Waals surface area contributed by atoms with E-state index in [0.717, 1.165) is 28.1 Å². The Morgan fingerprint density at radius 2 is 1.83 bits per heavy atom. The van der Waals surface area contributed by atoms with Crippen LogP contribution in [-0.4, -0.2) is 15.7 Å². The molecule has 0 aliphatic rings. The highest BCUT2D eigenvalue weighted by atomic mass is 35.5. The van der Waals surface area contributed by atoms with Gasteiger partial charge >= 0.3 is 0 Å². The van der Waals surface area contributed by atoms with E-state index in [1.54, 1.807) is 31.2 Å². The lowest BCUT2D eigenvalue weighted by Crippen LogP contribution is -2.14. The minimum absolute atomic E-state index is 0.0159. The maximum Gasteiger partial charge on any atom is 0.266 e. The topological polar surface area (TPSA) is 70.7 Å². The maximum atomic E-state index is 12.7. The summed E-state index contributed by atoms with van der Waals surface area (Å²) >= 11 is 12.4. The standard InChI is InChI=1S/C23H20Cl2N4O/c1-14-20(24)9-6-10-22(14)27-23(30)18(12-26)11-19-15(2)28-29(16(19)3)13-17-7-4-5-8-21(17)25/h4-11H,13H2,1-3H3,(H,27,30)/b18-11+. The third-order valence-electron chi connectivity index (χ3n) is 4.89. The van der Waals surface area contributed by atoms with Gasteiger partial charge in [0, 0.05) is 27.0 Å². The molecular formula is C23H20Cl2N4O. The summed E-state index contributed by atoms with van der Waals surface area (Å²) in [6, 6.07) is 14.8. The molecule has 0 unspecified atom stereocenters. The van der Waals surface area contributed by atoms with Gasteiger partial charge in [-0.1, -0.05) is 47.5 Å². The summed E-state index contributed by atoms with van der Waals surface area (Å²) in [5.74, 6) is -0.500. The number of benzene rings is 2. The van der Waals surface area contributed by atoms with Gasteiger partial charge in [0.2, 0.25) is 0 Å². The molecule has 0 aliphatic carbocycles. The summed E-state index contributed by atoms with van der Waals surface area (Å²) in [5.41, 5.74) is 4.52. The van der Waals surface area contributed by atoms with Gasteiger partial charge in [-0.2, -0.15) is 10.4 Å². The molecule has 0 atom stereocenters. The fraction of sp³-hybridized carbons (Fsp3) is 0.174. The monoisotopic (exact) mass is 438 g/mol. The van der Waals surface area contributed by atoms with E-state index in [-0.39, 0.29) is 5.57 Å². The van der Waals surface area contributed by atoms with Crippen molar-refractivity contribution in [2.24, 2.45) is 0 Å². The van der Waals surface area contributed by atoms with Crippen LogP contribution in [0.5, 0.6) is 0 Å². The Bertz CT molecular complexity index is 1190. The van der Waals surface area contributed by atoms with Crippen LogP contribution >= 0.6 is 23.2 Å². The van der Waals surface area contributed by atoms with Crippen molar-refractivity contribution >= 4 is 40.9 Å². The van der Waals surface area contributed by atoms with Crippen molar-refractivity contribution in [3.05, 3.63) is 86.2 Å². The van der Waals surface area contributed by atoms with Crippen LogP contribution in [0.25, 0.3) is 6.08 Å². The second-order valence-electron chi connectivity index (χ2n) is 6.87. The van der Waals surface area contributed by atoms with Gasteiger partial charge in [-0.15, -0.1) is 0 Å². The number of nitrogens with zero attached hydrogens (tertiary/aromatic N) is 3. The molecular weight excluding hydrogens is 419 g/mol. The second-order valence-corrected chi connectivity index (χ2v) is 7.68. The summed E-state index contributed by atoms with van der Waals surface area (Å²) in [5, 5.41) is 18.1. The van der Waals surface area contributed by atoms with Crippen molar-refractivity contribution in [3.63, 3.8) is 0 Å². The van der Waals surface area contributed by atoms with Crippen molar-refractivity contribution in [1.82, 2.24) is 9.78 Å². The molecule has 1 heterocycles. The first kappa shape index (κ1) is 21.6. The number of hydrogen-bond donors (Lipinski definition) is 1. The number of aromatic nitrogens is 2. The molecule has 30 heavy (non-hydrogen) atoms. The Morgan fingerprint density at radius 3 is 2.53 bits per heavy atom. The number of anilines is 1. The number of halogens is 2. The number of amides is 1. The number of nitrogens with one attached hydrogen (secondary N) is 1. The Morgan fingerprint density at radius 1 is 1.13 bits per heavy atom. The predicted octanol–water partition coefficient (Wildman–Crippen LogP) is 5.71. The Hall–Kier alpha value is -3.07. The summed E-state index contributed by atoms with van der Waals surface area (Å²) in [4.78, 5) is 12.7. The summed E-state index contributed by atoms with van der Waals surface area (Å²) < 4.78 is 1.82. The fourth-order valence-electron chi connectivity index (χ4n) is 3.09. The first-order valence-electron chi connectivity index (χ1n) is 9.27. The fourth-order valence-corrected chi connectivity index (χ4v) is 3.46. The second kappa shape index (κ2) is 9.17. The van der Waals surface area contributed by atoms with Crippen LogP contribution < -0.4 is 5.32 Å². The highest BCUT2D eigenvalue weighted by Gasteiger charge is 2.16. The van der Waals surface area contributed by atoms with Crippen molar-refractivity contribution < 1.29 is 4.79 Å². The van der Waals surface area contributed by atoms with E-state index in [2.05, 4.69) is 10.4 Å². The van der Waals surface area contributed by atoms with E-state index in [9.17, 15) is 10.1 Å². The van der Waals surface area contributed by atoms with Crippen molar-refractivity contribution in [2.45, 2.75) is 27.3 Å². The molecule has 0 spiro atoms. The van der Waals surface area contributed by atoms with Crippen LogP contribution in [0.15, 0.2) is 48.0 Å². The largest absolute Gasteiger partial charge is 0.321 e. The normalized spacial score (nSPS) is 11.3. The van der Waals surface area contributed by atoms with E-state index < -0.39 is 5.91 Å². The van der Waals surface area contributed by atoms with Crippen LogP contribution in [0.4, 0.5) is 5.69 Å². The Labute approximate surface area is 185 Å². The summed E-state index contributed by atoms with van der Waals surface area (Å²) in [6.45, 7) is 6.05. The zero-order valence-electron chi connectivity index (χ0n) is 16.8. The first-order chi connectivity index (χ1) is 14.3. The quantitative estimate of drug-likeness (QED) is 0.409. The van der Waals surface area contributed by atoms with Gasteiger partial charge < -0.3 is 5.32 Å². The number of aryl methyl sites for hydroxylation is 1. The maximum absolute atomic E-state index is 12.7. The molecule has 152 valence electrons. The molecule has 7 heteroatoms. The lowest BCUT2D eigenvalue weighted by molar-refractivity contribution is -0.112. The lowest BCUT2D eigenvalue weighted by Gasteiger charge is -2.09. The summed E-state index contributed by atoms with van der Waals surface area (Å²) in [7, 11) is 0. The molecule has 3 rings (SSSR count). The molecule has 5 nitrogen and oxygen atoms in total. The van der Waals surface area contributed by atoms with Gasteiger partial charge in [-0.05, 0) is 56.2 Å². The van der Waals surface area contributed by atoms with E-state index in [4.69, 9.17) is 23.2 Å². The number of rotatable bonds is 5. The van der Waals surface area contributed by atoms with Crippen molar-refractivity contribution in [2.75, 3.05) is 5.32 Å². The SMILES string of the molecule is Cc1nn(Cc2ccccc2Cl)c(C)c1/C=C(\C#N)C(=O)Nc1cccc(Cl)c1C. The molecule has 1 aromatic heterocycles. The van der Waals surface area contributed by atoms with Crippen LogP contribution in [0.3, 0.4) is 0 Å². The van der Waals surface area contributed by atoms with E-state index in [1.165, 1.54) is 0 Å². The average Bonchev–Trinajstić information content (AvgIpc) is 2.98. The average molecular weight is 439 g/mol. The van der Waals surface area contributed by atoms with Gasteiger partial charge in [0.1, 0.15) is 11.6 Å². The zero-order valence-corrected chi connectivity index (χ0v) is 18.3. The molecule has 1 amide bonds. The molecule has 0 radical (unpaired) electrons. The highest BCUT2D eigenvalue weighted by molar-refractivity contribution is 6.32. The molecule has 0 saturated carbocycles. The van der Waals surface area contributed by atoms with Gasteiger partial charge in [0.25, 0.3) is 5.91 Å². The van der Waals surface area contributed by atoms with Crippen LogP contribution in [0, 0.1) is 32.1 Å². The zero-order chi connectivity index (χ0) is 21.8. The first-order valence-corrected chi connectivity index (χ1v) is 10.0. The third-order valence-corrected chi connectivity index (χ3v) is 5.66. The van der Waals surface area contributed by atoms with Gasteiger partial charge in [0.05, 0.1) is 12.2 Å². The van der Waals surface area contributed by atoms with Crippen LogP contribution in [-0.2, 0) is 11.3 Å². The minimum Gasteiger partial charge on any atom is -0.321 e. The molecule has 0 aliphatic heterocycles. The predicted molar refractivity (Wildman–Crippen MR) is 121 cm³/mol. The van der Waals surface area contributed by atoms with Gasteiger partial charge in [-0.25, -0.2) is 0 Å². The lowest BCUT2D eigenvalue weighted by atomic mass is 10.1. The molecule has 3 aromatic rings. The Balaban J connectivity index is 1.90. The van der Waals surface area contributed by atoms with E-state index in [1.807, 2.05) is 48.9 Å².